The fraction of sp³-hybridized carbons (Fsp3) is 0.500. The van der Waals surface area contributed by atoms with Crippen molar-refractivity contribution in [1.82, 2.24) is 20.4 Å². The maximum absolute atomic E-state index is 10.3. The Morgan fingerprint density at radius 1 is 1.19 bits per heavy atom. The van der Waals surface area contributed by atoms with E-state index in [1.165, 1.54) is 11.3 Å². The molecule has 1 heterocycles. The van der Waals surface area contributed by atoms with Crippen molar-refractivity contribution in [1.29, 1.82) is 0 Å². The topological polar surface area (TPSA) is 74.5 Å². The highest BCUT2D eigenvalue weighted by atomic mass is 16.3. The van der Waals surface area contributed by atoms with E-state index in [0.717, 1.165) is 43.3 Å². The first-order valence-corrected chi connectivity index (χ1v) is 9.27. The fourth-order valence-electron chi connectivity index (χ4n) is 2.75. The Labute approximate surface area is 156 Å². The van der Waals surface area contributed by atoms with Crippen LogP contribution in [0.3, 0.4) is 0 Å². The van der Waals surface area contributed by atoms with Crippen LogP contribution in [0, 0.1) is 20.8 Å². The molecule has 2 rings (SSSR count). The van der Waals surface area contributed by atoms with Gasteiger partial charge in [-0.2, -0.15) is 5.10 Å². The Hall–Kier alpha value is -2.34. The van der Waals surface area contributed by atoms with E-state index in [0.29, 0.717) is 6.54 Å². The maximum Gasteiger partial charge on any atom is 0.191 e. The molecule has 0 radical (unpaired) electrons. The first-order chi connectivity index (χ1) is 12.5. The summed E-state index contributed by atoms with van der Waals surface area (Å²) >= 11 is 0. The molecule has 0 amide bonds. The first-order valence-electron chi connectivity index (χ1n) is 9.27. The average molecular weight is 358 g/mol. The lowest BCUT2D eigenvalue weighted by atomic mass is 10.1. The number of benzene rings is 1. The van der Waals surface area contributed by atoms with Crippen LogP contribution in [0.25, 0.3) is 0 Å². The first kappa shape index (κ1) is 20.0. The van der Waals surface area contributed by atoms with E-state index >= 15 is 0 Å². The van der Waals surface area contributed by atoms with Gasteiger partial charge in [-0.25, -0.2) is 0 Å². The Kier molecular flexibility index (Phi) is 7.66. The van der Waals surface area contributed by atoms with Crippen LogP contribution in [-0.2, 0) is 6.54 Å². The van der Waals surface area contributed by atoms with Crippen molar-refractivity contribution in [2.24, 2.45) is 4.99 Å². The molecule has 0 aliphatic rings. The lowest BCUT2D eigenvalue weighted by molar-refractivity contribution is 0.187. The molecule has 0 aliphatic carbocycles. The van der Waals surface area contributed by atoms with Crippen LogP contribution in [0.2, 0.25) is 0 Å². The number of rotatable bonds is 8. The molecule has 0 saturated heterocycles. The van der Waals surface area contributed by atoms with E-state index in [1.54, 1.807) is 0 Å². The summed E-state index contributed by atoms with van der Waals surface area (Å²) in [7, 11) is 0. The molecule has 1 atom stereocenters. The van der Waals surface area contributed by atoms with E-state index in [1.807, 2.05) is 49.7 Å². The summed E-state index contributed by atoms with van der Waals surface area (Å²) < 4.78 is 2.03. The van der Waals surface area contributed by atoms with Gasteiger partial charge in [0.2, 0.25) is 0 Å². The van der Waals surface area contributed by atoms with Gasteiger partial charge in [0.1, 0.15) is 0 Å². The predicted octanol–water partition coefficient (Wildman–Crippen LogP) is 2.49. The number of guanidine groups is 1. The van der Waals surface area contributed by atoms with Crippen molar-refractivity contribution in [3.63, 3.8) is 0 Å². The van der Waals surface area contributed by atoms with Crippen LogP contribution in [0.5, 0.6) is 0 Å². The third-order valence-corrected chi connectivity index (χ3v) is 4.17. The molecule has 6 nitrogen and oxygen atoms in total. The summed E-state index contributed by atoms with van der Waals surface area (Å²) in [5.41, 5.74) is 4.31. The van der Waals surface area contributed by atoms with Gasteiger partial charge in [0.25, 0.3) is 0 Å². The molecule has 26 heavy (non-hydrogen) atoms. The molecule has 0 saturated carbocycles. The number of hydrogen-bond acceptors (Lipinski definition) is 3. The Balaban J connectivity index is 1.82. The SMILES string of the molecule is CCNC(=NCC(O)c1ccc(C)cc1)NCCCn1nc(C)cc1C. The molecule has 3 N–H and O–H groups in total. The molecular weight excluding hydrogens is 326 g/mol. The lowest BCUT2D eigenvalue weighted by Gasteiger charge is -2.14. The van der Waals surface area contributed by atoms with E-state index < -0.39 is 6.10 Å². The van der Waals surface area contributed by atoms with Crippen molar-refractivity contribution in [3.8, 4) is 0 Å². The molecule has 1 aromatic carbocycles. The Morgan fingerprint density at radius 2 is 1.92 bits per heavy atom. The summed E-state index contributed by atoms with van der Waals surface area (Å²) in [5, 5.41) is 21.3. The minimum absolute atomic E-state index is 0.329. The highest BCUT2D eigenvalue weighted by Gasteiger charge is 2.07. The second kappa shape index (κ2) is 9.97. The zero-order valence-corrected chi connectivity index (χ0v) is 16.3. The fourth-order valence-corrected chi connectivity index (χ4v) is 2.75. The molecule has 1 aromatic heterocycles. The summed E-state index contributed by atoms with van der Waals surface area (Å²) in [6, 6.07) is 10.00. The van der Waals surface area contributed by atoms with Gasteiger partial charge in [-0.15, -0.1) is 0 Å². The highest BCUT2D eigenvalue weighted by molar-refractivity contribution is 5.79. The molecule has 6 heteroatoms. The third-order valence-electron chi connectivity index (χ3n) is 4.17. The number of aliphatic imine (C=N–C) groups is 1. The van der Waals surface area contributed by atoms with Gasteiger partial charge < -0.3 is 15.7 Å². The summed E-state index contributed by atoms with van der Waals surface area (Å²) in [4.78, 5) is 4.50. The molecule has 0 aliphatic heterocycles. The number of aryl methyl sites for hydroxylation is 4. The Morgan fingerprint density at radius 3 is 2.54 bits per heavy atom. The van der Waals surface area contributed by atoms with Crippen molar-refractivity contribution < 1.29 is 5.11 Å². The van der Waals surface area contributed by atoms with E-state index in [2.05, 4.69) is 33.7 Å². The zero-order chi connectivity index (χ0) is 18.9. The standard InChI is InChI=1S/C20H31N5O/c1-5-21-20(22-11-6-12-25-17(4)13-16(3)24-25)23-14-19(26)18-9-7-15(2)8-10-18/h7-10,13,19,26H,5-6,11-12,14H2,1-4H3,(H2,21,22,23). The number of nitrogens with zero attached hydrogens (tertiary/aromatic N) is 3. The summed E-state index contributed by atoms with van der Waals surface area (Å²) in [5.74, 6) is 0.729. The van der Waals surface area contributed by atoms with Gasteiger partial charge in [-0.3, -0.25) is 9.67 Å². The monoisotopic (exact) mass is 357 g/mol. The third kappa shape index (κ3) is 6.19. The van der Waals surface area contributed by atoms with E-state index in [4.69, 9.17) is 0 Å². The minimum Gasteiger partial charge on any atom is -0.386 e. The van der Waals surface area contributed by atoms with Gasteiger partial charge in [0, 0.05) is 25.3 Å². The second-order valence-electron chi connectivity index (χ2n) is 6.58. The van der Waals surface area contributed by atoms with Crippen LogP contribution < -0.4 is 10.6 Å². The van der Waals surface area contributed by atoms with Crippen LogP contribution >= 0.6 is 0 Å². The van der Waals surface area contributed by atoms with Crippen LogP contribution in [0.4, 0.5) is 0 Å². The highest BCUT2D eigenvalue weighted by Crippen LogP contribution is 2.13. The molecule has 1 unspecified atom stereocenters. The zero-order valence-electron chi connectivity index (χ0n) is 16.3. The molecular formula is C20H31N5O. The van der Waals surface area contributed by atoms with Gasteiger partial charge in [-0.05, 0) is 45.7 Å². The van der Waals surface area contributed by atoms with Crippen LogP contribution in [-0.4, -0.2) is 40.5 Å². The molecule has 142 valence electrons. The van der Waals surface area contributed by atoms with Gasteiger partial charge in [0.15, 0.2) is 5.96 Å². The maximum atomic E-state index is 10.3. The van der Waals surface area contributed by atoms with Crippen LogP contribution in [0.1, 0.15) is 42.0 Å². The largest absolute Gasteiger partial charge is 0.386 e. The Bertz CT molecular complexity index is 705. The van der Waals surface area contributed by atoms with E-state index in [-0.39, 0.29) is 0 Å². The average Bonchev–Trinajstić information content (AvgIpc) is 2.94. The number of hydrogen-bond donors (Lipinski definition) is 3. The van der Waals surface area contributed by atoms with Crippen molar-refractivity contribution >= 4 is 5.96 Å². The smallest absolute Gasteiger partial charge is 0.191 e. The van der Waals surface area contributed by atoms with E-state index in [9.17, 15) is 5.11 Å². The van der Waals surface area contributed by atoms with Gasteiger partial charge in [0.05, 0.1) is 18.3 Å². The number of aromatic nitrogens is 2. The number of aliphatic hydroxyl groups excluding tert-OH is 1. The van der Waals surface area contributed by atoms with Gasteiger partial charge >= 0.3 is 0 Å². The minimum atomic E-state index is -0.597. The van der Waals surface area contributed by atoms with Crippen molar-refractivity contribution in [2.45, 2.75) is 46.8 Å². The van der Waals surface area contributed by atoms with Crippen molar-refractivity contribution in [3.05, 3.63) is 52.8 Å². The normalized spacial score (nSPS) is 12.9. The number of nitrogens with one attached hydrogen (secondary N) is 2. The quantitative estimate of drug-likeness (QED) is 0.385. The molecule has 2 aromatic rings. The van der Waals surface area contributed by atoms with Gasteiger partial charge in [-0.1, -0.05) is 29.8 Å². The molecule has 0 bridgehead atoms. The van der Waals surface area contributed by atoms with Crippen LogP contribution in [0.15, 0.2) is 35.3 Å². The summed E-state index contributed by atoms with van der Waals surface area (Å²) in [6.07, 6.45) is 0.355. The molecule has 0 spiro atoms. The molecule has 0 fully saturated rings. The summed E-state index contributed by atoms with van der Waals surface area (Å²) in [6.45, 7) is 10.9. The number of aliphatic hydroxyl groups is 1. The van der Waals surface area contributed by atoms with Crippen molar-refractivity contribution in [2.75, 3.05) is 19.6 Å². The lowest BCUT2D eigenvalue weighted by Crippen LogP contribution is -2.38. The second-order valence-corrected chi connectivity index (χ2v) is 6.58. The predicted molar refractivity (Wildman–Crippen MR) is 106 cm³/mol.